The highest BCUT2D eigenvalue weighted by Gasteiger charge is 2.35. The van der Waals surface area contributed by atoms with Gasteiger partial charge in [0, 0.05) is 51.3 Å². The van der Waals surface area contributed by atoms with Crippen LogP contribution in [0, 0.1) is 17.7 Å². The Hall–Kier alpha value is -3.80. The number of aromatic nitrogens is 2. The molecule has 3 fully saturated rings. The summed E-state index contributed by atoms with van der Waals surface area (Å²) in [7, 11) is 2.00. The molecule has 3 unspecified atom stereocenters. The smallest absolute Gasteiger partial charge is 0.270 e. The molecule has 2 saturated carbocycles. The first kappa shape index (κ1) is 34.5. The van der Waals surface area contributed by atoms with E-state index in [4.69, 9.17) is 0 Å². The lowest BCUT2D eigenvalue weighted by atomic mass is 9.90. The van der Waals surface area contributed by atoms with Gasteiger partial charge in [0.25, 0.3) is 5.91 Å². The standard InChI is InChI=1S/C35H50FN7O4/c1-4-30(44)39-31(35(47)42-19-17-41(3)18-20-42)23(2)26-13-14-28(27(36)21-26)38-34(46)32(25-9-7-5-6-8-10-25)40-33(45)29-15-16-37-43(29)22-24-11-12-24/h13-16,21,23-25,31-32H,4-12,17-20,22H2,1-3H3,(H,38,46)(H,39,44)(H,40,45). The van der Waals surface area contributed by atoms with Crippen molar-refractivity contribution in [3.8, 4) is 0 Å². The van der Waals surface area contributed by atoms with Crippen LogP contribution >= 0.6 is 0 Å². The minimum atomic E-state index is -0.853. The van der Waals surface area contributed by atoms with Gasteiger partial charge in [-0.05, 0) is 68.3 Å². The molecule has 0 bridgehead atoms. The Morgan fingerprint density at radius 2 is 1.66 bits per heavy atom. The Morgan fingerprint density at radius 1 is 0.957 bits per heavy atom. The van der Waals surface area contributed by atoms with Crippen LogP contribution in [0.2, 0.25) is 0 Å². The van der Waals surface area contributed by atoms with Gasteiger partial charge in [-0.15, -0.1) is 0 Å². The maximum Gasteiger partial charge on any atom is 0.270 e. The van der Waals surface area contributed by atoms with Gasteiger partial charge in [0.15, 0.2) is 0 Å². The highest BCUT2D eigenvalue weighted by molar-refractivity contribution is 6.00. The molecule has 0 radical (unpaired) electrons. The van der Waals surface area contributed by atoms with Crippen molar-refractivity contribution in [1.29, 1.82) is 0 Å². The summed E-state index contributed by atoms with van der Waals surface area (Å²) in [6, 6.07) is 4.48. The van der Waals surface area contributed by atoms with Crippen molar-refractivity contribution in [2.24, 2.45) is 11.8 Å². The molecule has 4 amide bonds. The summed E-state index contributed by atoms with van der Waals surface area (Å²) in [6.45, 7) is 6.79. The van der Waals surface area contributed by atoms with E-state index in [9.17, 15) is 19.2 Å². The molecule has 2 aliphatic carbocycles. The number of nitrogens with one attached hydrogen (secondary N) is 3. The first-order valence-corrected chi connectivity index (χ1v) is 17.3. The maximum absolute atomic E-state index is 15.7. The zero-order chi connectivity index (χ0) is 33.5. The SMILES string of the molecule is CCC(=O)NC(C(=O)N1CCN(C)CC1)C(C)c1ccc(NC(=O)C(NC(=O)c2ccnn2CC2CC2)C2CCCCCC2)c(F)c1. The van der Waals surface area contributed by atoms with Crippen LogP contribution in [0.5, 0.6) is 0 Å². The van der Waals surface area contributed by atoms with Gasteiger partial charge in [-0.25, -0.2) is 4.39 Å². The van der Waals surface area contributed by atoms with E-state index in [1.165, 1.54) is 12.1 Å². The van der Waals surface area contributed by atoms with Crippen LogP contribution in [0.25, 0.3) is 0 Å². The molecule has 1 aliphatic heterocycles. The fourth-order valence-electron chi connectivity index (χ4n) is 6.69. The minimum absolute atomic E-state index is 0.00265. The average Bonchev–Trinajstić information content (AvgIpc) is 3.83. The zero-order valence-corrected chi connectivity index (χ0v) is 28.0. The second kappa shape index (κ2) is 15.9. The molecular formula is C35H50FN7O4. The van der Waals surface area contributed by atoms with Gasteiger partial charge in [0.2, 0.25) is 17.7 Å². The van der Waals surface area contributed by atoms with Crippen LogP contribution in [-0.4, -0.2) is 88.5 Å². The van der Waals surface area contributed by atoms with E-state index in [-0.39, 0.29) is 35.7 Å². The number of hydrogen-bond acceptors (Lipinski definition) is 6. The molecule has 1 aromatic carbocycles. The van der Waals surface area contributed by atoms with Crippen LogP contribution in [-0.2, 0) is 20.9 Å². The molecule has 3 aliphatic rings. The van der Waals surface area contributed by atoms with Crippen molar-refractivity contribution in [2.75, 3.05) is 38.5 Å². The Balaban J connectivity index is 1.31. The minimum Gasteiger partial charge on any atom is -0.344 e. The Bertz CT molecular complexity index is 1410. The summed E-state index contributed by atoms with van der Waals surface area (Å²) < 4.78 is 17.4. The number of halogens is 1. The molecule has 0 spiro atoms. The van der Waals surface area contributed by atoms with Gasteiger partial charge >= 0.3 is 0 Å². The quantitative estimate of drug-likeness (QED) is 0.299. The van der Waals surface area contributed by atoms with Crippen molar-refractivity contribution >= 4 is 29.3 Å². The van der Waals surface area contributed by atoms with Crippen molar-refractivity contribution in [1.82, 2.24) is 30.2 Å². The van der Waals surface area contributed by atoms with Crippen molar-refractivity contribution in [3.63, 3.8) is 0 Å². The topological polar surface area (TPSA) is 129 Å². The monoisotopic (exact) mass is 651 g/mol. The first-order chi connectivity index (χ1) is 22.6. The van der Waals surface area contributed by atoms with E-state index < -0.39 is 29.7 Å². The van der Waals surface area contributed by atoms with Gasteiger partial charge < -0.3 is 25.8 Å². The van der Waals surface area contributed by atoms with Gasteiger partial charge in [0.05, 0.1) is 5.69 Å². The largest absolute Gasteiger partial charge is 0.344 e. The predicted molar refractivity (Wildman–Crippen MR) is 177 cm³/mol. The zero-order valence-electron chi connectivity index (χ0n) is 28.0. The number of amides is 4. The van der Waals surface area contributed by atoms with E-state index in [2.05, 4.69) is 25.9 Å². The van der Waals surface area contributed by atoms with Crippen LogP contribution in [0.15, 0.2) is 30.5 Å². The van der Waals surface area contributed by atoms with Crippen LogP contribution < -0.4 is 16.0 Å². The number of hydrogen-bond donors (Lipinski definition) is 3. The Labute approximate surface area is 277 Å². The van der Waals surface area contributed by atoms with Crippen LogP contribution in [0.4, 0.5) is 10.1 Å². The molecule has 12 heteroatoms. The van der Waals surface area contributed by atoms with E-state index in [1.54, 1.807) is 41.8 Å². The van der Waals surface area contributed by atoms with Crippen molar-refractivity contribution in [2.45, 2.75) is 96.2 Å². The highest BCUT2D eigenvalue weighted by Crippen LogP contribution is 2.31. The average molecular weight is 652 g/mol. The van der Waals surface area contributed by atoms with E-state index in [0.29, 0.717) is 36.8 Å². The number of piperazine rings is 1. The summed E-state index contributed by atoms with van der Waals surface area (Å²) in [6.07, 6.45) is 9.76. The van der Waals surface area contributed by atoms with Gasteiger partial charge in [0.1, 0.15) is 23.6 Å². The Morgan fingerprint density at radius 3 is 2.30 bits per heavy atom. The molecule has 1 aromatic heterocycles. The van der Waals surface area contributed by atoms with Gasteiger partial charge in [-0.1, -0.05) is 45.6 Å². The molecule has 47 heavy (non-hydrogen) atoms. The summed E-state index contributed by atoms with van der Waals surface area (Å²) in [5.41, 5.74) is 0.947. The molecular weight excluding hydrogens is 601 g/mol. The van der Waals surface area contributed by atoms with Gasteiger partial charge in [-0.2, -0.15) is 5.10 Å². The molecule has 1 saturated heterocycles. The number of rotatable bonds is 12. The van der Waals surface area contributed by atoms with E-state index in [0.717, 1.165) is 64.5 Å². The van der Waals surface area contributed by atoms with Crippen LogP contribution in [0.1, 0.15) is 93.6 Å². The number of nitrogens with zero attached hydrogens (tertiary/aromatic N) is 4. The first-order valence-electron chi connectivity index (χ1n) is 17.3. The van der Waals surface area contributed by atoms with E-state index in [1.807, 2.05) is 7.05 Å². The lowest BCUT2D eigenvalue weighted by Crippen LogP contribution is -2.55. The molecule has 2 heterocycles. The number of likely N-dealkylation sites (N-methyl/N-ethyl adjacent to an activating group) is 1. The molecule has 2 aromatic rings. The maximum atomic E-state index is 15.7. The molecule has 11 nitrogen and oxygen atoms in total. The number of anilines is 1. The second-order valence-corrected chi connectivity index (χ2v) is 13.6. The number of benzene rings is 1. The van der Waals surface area contributed by atoms with Gasteiger partial charge in [-0.3, -0.25) is 23.9 Å². The normalized spacial score (nSPS) is 19.7. The third-order valence-electron chi connectivity index (χ3n) is 10.0. The third kappa shape index (κ3) is 8.97. The third-order valence-corrected chi connectivity index (χ3v) is 10.0. The summed E-state index contributed by atoms with van der Waals surface area (Å²) in [4.78, 5) is 57.2. The lowest BCUT2D eigenvalue weighted by Gasteiger charge is -2.36. The number of carbonyl (C=O) groups excluding carboxylic acids is 4. The molecule has 5 rings (SSSR count). The highest BCUT2D eigenvalue weighted by atomic mass is 19.1. The number of carbonyl (C=O) groups is 4. The van der Waals surface area contributed by atoms with Crippen molar-refractivity contribution in [3.05, 3.63) is 47.5 Å². The van der Waals surface area contributed by atoms with Crippen LogP contribution in [0.3, 0.4) is 0 Å². The molecule has 3 atom stereocenters. The van der Waals surface area contributed by atoms with Crippen molar-refractivity contribution < 1.29 is 23.6 Å². The van der Waals surface area contributed by atoms with E-state index >= 15 is 4.39 Å². The summed E-state index contributed by atoms with van der Waals surface area (Å²) in [5.74, 6) is -1.98. The summed E-state index contributed by atoms with van der Waals surface area (Å²) >= 11 is 0. The fourth-order valence-corrected chi connectivity index (χ4v) is 6.69. The lowest BCUT2D eigenvalue weighted by molar-refractivity contribution is -0.138. The fraction of sp³-hybridized carbons (Fsp3) is 0.629. The molecule has 256 valence electrons. The summed E-state index contributed by atoms with van der Waals surface area (Å²) in [5, 5.41) is 12.9. The Kier molecular flexibility index (Phi) is 11.7. The second-order valence-electron chi connectivity index (χ2n) is 13.6. The molecule has 3 N–H and O–H groups in total. The predicted octanol–water partition coefficient (Wildman–Crippen LogP) is 3.91.